The molecule has 0 aromatic rings. The normalized spacial score (nSPS) is 30.5. The fourth-order valence-corrected chi connectivity index (χ4v) is 4.31. The van der Waals surface area contributed by atoms with Crippen LogP contribution in [-0.2, 0) is 33.4 Å². The third kappa shape index (κ3) is 5.40. The van der Waals surface area contributed by atoms with Gasteiger partial charge in [0.1, 0.15) is 11.5 Å². The molecule has 1 amide bonds. The smallest absolute Gasteiger partial charge is 0.319 e. The van der Waals surface area contributed by atoms with Crippen molar-refractivity contribution in [2.45, 2.75) is 70.3 Å². The molecular weight excluding hydrogens is 362 g/mol. The lowest BCUT2D eigenvalue weighted by molar-refractivity contribution is -0.163. The molecule has 1 saturated carbocycles. The molecule has 4 atom stereocenters. The van der Waals surface area contributed by atoms with Crippen LogP contribution < -0.4 is 0 Å². The zero-order valence-corrected chi connectivity index (χ0v) is 16.9. The maximum absolute atomic E-state index is 12.7. The van der Waals surface area contributed by atoms with E-state index in [1.807, 2.05) is 0 Å². The molecule has 1 heterocycles. The number of esters is 1. The number of likely N-dealkylation sites (tertiary alicyclic amines) is 1. The Labute approximate surface area is 155 Å². The summed E-state index contributed by atoms with van der Waals surface area (Å²) in [4.78, 5) is 26.7. The van der Waals surface area contributed by atoms with Gasteiger partial charge in [-0.15, -0.1) is 0 Å². The highest BCUT2D eigenvalue weighted by atomic mass is 32.2. The number of hydrogen-bond acceptors (Lipinski definition) is 7. The van der Waals surface area contributed by atoms with E-state index in [4.69, 9.17) is 13.7 Å². The lowest BCUT2D eigenvalue weighted by Gasteiger charge is -2.39. The molecule has 2 fully saturated rings. The molecule has 0 aromatic carbocycles. The summed E-state index contributed by atoms with van der Waals surface area (Å²) in [5.41, 5.74) is -0.638. The van der Waals surface area contributed by atoms with Crippen LogP contribution in [0.25, 0.3) is 0 Å². The van der Waals surface area contributed by atoms with Crippen molar-refractivity contribution in [3.05, 3.63) is 0 Å². The van der Waals surface area contributed by atoms with Gasteiger partial charge in [-0.2, -0.15) is 8.42 Å². The molecule has 2 rings (SSSR count). The Kier molecular flexibility index (Phi) is 6.35. The third-order valence-electron chi connectivity index (χ3n) is 4.65. The van der Waals surface area contributed by atoms with Crippen LogP contribution in [0.2, 0.25) is 0 Å². The Morgan fingerprint density at radius 3 is 2.38 bits per heavy atom. The average molecular weight is 391 g/mol. The first-order valence-corrected chi connectivity index (χ1v) is 10.7. The summed E-state index contributed by atoms with van der Waals surface area (Å²) in [5.74, 6) is -1.52. The van der Waals surface area contributed by atoms with Gasteiger partial charge in [0.15, 0.2) is 0 Å². The van der Waals surface area contributed by atoms with E-state index in [1.54, 1.807) is 25.7 Å². The molecule has 1 saturated heterocycles. The molecule has 8 nitrogen and oxygen atoms in total. The zero-order valence-electron chi connectivity index (χ0n) is 16.1. The Morgan fingerprint density at radius 2 is 1.85 bits per heavy atom. The number of rotatable bonds is 5. The Bertz CT molecular complexity index is 640. The second kappa shape index (κ2) is 7.82. The molecule has 1 aliphatic carbocycles. The number of ether oxygens (including phenoxy) is 2. The highest BCUT2D eigenvalue weighted by Crippen LogP contribution is 2.33. The van der Waals surface area contributed by atoms with E-state index in [0.717, 1.165) is 6.26 Å². The number of amides is 1. The Morgan fingerprint density at radius 1 is 1.19 bits per heavy atom. The molecule has 150 valence electrons. The van der Waals surface area contributed by atoms with Crippen molar-refractivity contribution in [1.82, 2.24) is 4.90 Å². The first-order chi connectivity index (χ1) is 11.9. The van der Waals surface area contributed by atoms with Gasteiger partial charge in [-0.3, -0.25) is 13.8 Å². The van der Waals surface area contributed by atoms with Crippen molar-refractivity contribution in [2.75, 3.05) is 19.9 Å². The molecule has 4 unspecified atom stereocenters. The lowest BCUT2D eigenvalue weighted by atomic mass is 9.89. The van der Waals surface area contributed by atoms with E-state index < -0.39 is 33.7 Å². The van der Waals surface area contributed by atoms with Crippen LogP contribution in [0, 0.1) is 5.92 Å². The van der Waals surface area contributed by atoms with E-state index in [0.29, 0.717) is 32.2 Å². The van der Waals surface area contributed by atoms with Gasteiger partial charge >= 0.3 is 5.97 Å². The minimum absolute atomic E-state index is 0.195. The number of nitrogens with zero attached hydrogens (tertiary/aromatic N) is 1. The molecule has 9 heteroatoms. The number of carbonyl (C=O) groups excluding carboxylic acids is 2. The topological polar surface area (TPSA) is 99.2 Å². The van der Waals surface area contributed by atoms with Gasteiger partial charge in [-0.1, -0.05) is 0 Å². The molecule has 1 aliphatic heterocycles. The van der Waals surface area contributed by atoms with Crippen LogP contribution in [0.1, 0.15) is 46.5 Å². The number of carbonyl (C=O) groups is 2. The first-order valence-electron chi connectivity index (χ1n) is 8.85. The van der Waals surface area contributed by atoms with Crippen LogP contribution in [-0.4, -0.2) is 69.0 Å². The molecule has 0 bridgehead atoms. The van der Waals surface area contributed by atoms with E-state index in [2.05, 4.69) is 0 Å². The first kappa shape index (κ1) is 21.1. The molecule has 0 N–H and O–H groups in total. The summed E-state index contributed by atoms with van der Waals surface area (Å²) in [6, 6.07) is -0.195. The van der Waals surface area contributed by atoms with Crippen molar-refractivity contribution in [1.29, 1.82) is 0 Å². The molecular formula is C17H29NO7S. The van der Waals surface area contributed by atoms with Gasteiger partial charge in [0, 0.05) is 20.1 Å². The summed E-state index contributed by atoms with van der Waals surface area (Å²) in [7, 11) is -2.00. The van der Waals surface area contributed by atoms with E-state index in [9.17, 15) is 18.0 Å². The molecule has 2 aliphatic rings. The SMILES string of the molecule is COC1CC(OS(C)(=O)=O)CCC1N1CCC(C(=O)OC(C)(C)C)C1=O. The van der Waals surface area contributed by atoms with Gasteiger partial charge in [0.25, 0.3) is 10.1 Å². The van der Waals surface area contributed by atoms with E-state index >= 15 is 0 Å². The summed E-state index contributed by atoms with van der Waals surface area (Å²) in [6.07, 6.45) is 2.11. The zero-order chi connectivity index (χ0) is 19.7. The highest BCUT2D eigenvalue weighted by molar-refractivity contribution is 7.86. The highest BCUT2D eigenvalue weighted by Gasteiger charge is 2.46. The predicted molar refractivity (Wildman–Crippen MR) is 93.8 cm³/mol. The van der Waals surface area contributed by atoms with Crippen LogP contribution in [0.3, 0.4) is 0 Å². The summed E-state index contributed by atoms with van der Waals surface area (Å²) >= 11 is 0. The maximum Gasteiger partial charge on any atom is 0.319 e. The Balaban J connectivity index is 2.02. The molecule has 0 aromatic heterocycles. The van der Waals surface area contributed by atoms with Gasteiger partial charge < -0.3 is 14.4 Å². The van der Waals surface area contributed by atoms with Crippen molar-refractivity contribution >= 4 is 22.0 Å². The fraction of sp³-hybridized carbons (Fsp3) is 0.882. The van der Waals surface area contributed by atoms with E-state index in [-0.39, 0.29) is 18.1 Å². The van der Waals surface area contributed by atoms with Gasteiger partial charge in [0.05, 0.1) is 24.5 Å². The molecule has 0 radical (unpaired) electrons. The van der Waals surface area contributed by atoms with Crippen LogP contribution in [0.5, 0.6) is 0 Å². The van der Waals surface area contributed by atoms with Gasteiger partial charge in [-0.05, 0) is 40.0 Å². The molecule has 0 spiro atoms. The van der Waals surface area contributed by atoms with Crippen molar-refractivity contribution in [3.63, 3.8) is 0 Å². The fourth-order valence-electron chi connectivity index (χ4n) is 3.64. The largest absolute Gasteiger partial charge is 0.459 e. The Hall–Kier alpha value is -1.19. The van der Waals surface area contributed by atoms with Crippen molar-refractivity contribution in [2.24, 2.45) is 5.92 Å². The van der Waals surface area contributed by atoms with Crippen LogP contribution in [0.4, 0.5) is 0 Å². The summed E-state index contributed by atoms with van der Waals surface area (Å²) in [5, 5.41) is 0. The second-order valence-corrected chi connectivity index (χ2v) is 9.58. The maximum atomic E-state index is 12.7. The van der Waals surface area contributed by atoms with Crippen molar-refractivity contribution in [3.8, 4) is 0 Å². The minimum atomic E-state index is -3.54. The third-order valence-corrected chi connectivity index (χ3v) is 5.28. The lowest BCUT2D eigenvalue weighted by Crippen LogP contribution is -2.51. The van der Waals surface area contributed by atoms with Crippen molar-refractivity contribution < 1.29 is 31.7 Å². The van der Waals surface area contributed by atoms with Gasteiger partial charge in [-0.25, -0.2) is 0 Å². The quantitative estimate of drug-likeness (QED) is 0.393. The van der Waals surface area contributed by atoms with E-state index in [1.165, 1.54) is 7.11 Å². The minimum Gasteiger partial charge on any atom is -0.459 e. The number of methoxy groups -OCH3 is 1. The summed E-state index contributed by atoms with van der Waals surface area (Å²) < 4.78 is 38.6. The standard InChI is InChI=1S/C17H29NO7S/c1-17(2,3)24-16(20)12-8-9-18(15(12)19)13-7-6-11(10-14(13)23-4)25-26(5,21)22/h11-14H,6-10H2,1-5H3. The van der Waals surface area contributed by atoms with Crippen LogP contribution >= 0.6 is 0 Å². The second-order valence-electron chi connectivity index (χ2n) is 7.98. The molecule has 26 heavy (non-hydrogen) atoms. The summed E-state index contributed by atoms with van der Waals surface area (Å²) in [6.45, 7) is 5.77. The monoisotopic (exact) mass is 391 g/mol. The van der Waals surface area contributed by atoms with Crippen LogP contribution in [0.15, 0.2) is 0 Å². The predicted octanol–water partition coefficient (Wildman–Crippen LogP) is 1.09. The average Bonchev–Trinajstić information content (AvgIpc) is 2.85. The number of hydrogen-bond donors (Lipinski definition) is 0. The van der Waals surface area contributed by atoms with Gasteiger partial charge in [0.2, 0.25) is 5.91 Å².